The van der Waals surface area contributed by atoms with Crippen LogP contribution >= 0.6 is 0 Å². The summed E-state index contributed by atoms with van der Waals surface area (Å²) in [4.78, 5) is 27.4. The number of nitrogens with one attached hydrogen (secondary N) is 2. The summed E-state index contributed by atoms with van der Waals surface area (Å²) in [5, 5.41) is 2.51. The van der Waals surface area contributed by atoms with Gasteiger partial charge in [0, 0.05) is 18.3 Å². The summed E-state index contributed by atoms with van der Waals surface area (Å²) >= 11 is 0. The number of hydrogen-bond donors (Lipinski definition) is 2. The summed E-state index contributed by atoms with van der Waals surface area (Å²) in [6.45, 7) is 2.00. The highest BCUT2D eigenvalue weighted by molar-refractivity contribution is 6.13. The molecule has 0 saturated heterocycles. The first-order valence-electron chi connectivity index (χ1n) is 6.85. The number of rotatable bonds is 2. The fourth-order valence-corrected chi connectivity index (χ4v) is 2.72. The van der Waals surface area contributed by atoms with Gasteiger partial charge >= 0.3 is 0 Å². The lowest BCUT2D eigenvalue weighted by Crippen LogP contribution is -2.21. The Balaban J connectivity index is 0.00000176. The van der Waals surface area contributed by atoms with Crippen LogP contribution in [0.25, 0.3) is 0 Å². The van der Waals surface area contributed by atoms with E-state index < -0.39 is 11.7 Å². The molecule has 1 aliphatic carbocycles. The Bertz CT molecular complexity index is 721. The molecule has 0 fully saturated rings. The zero-order valence-electron chi connectivity index (χ0n) is 11.6. The maximum Gasteiger partial charge on any atom is 0.258 e. The van der Waals surface area contributed by atoms with Gasteiger partial charge in [0.25, 0.3) is 5.91 Å². The maximum absolute atomic E-state index is 13.6. The van der Waals surface area contributed by atoms with Crippen molar-refractivity contribution < 1.29 is 14.0 Å². The van der Waals surface area contributed by atoms with Crippen LogP contribution in [0.4, 0.5) is 10.1 Å². The van der Waals surface area contributed by atoms with Gasteiger partial charge in [0.2, 0.25) is 0 Å². The number of anilines is 1. The first kappa shape index (κ1) is 15.9. The number of amides is 1. The van der Waals surface area contributed by atoms with E-state index in [1.807, 2.05) is 6.92 Å². The van der Waals surface area contributed by atoms with Crippen molar-refractivity contribution in [1.82, 2.24) is 4.98 Å². The average molecular weight is 302 g/mol. The summed E-state index contributed by atoms with van der Waals surface area (Å²) < 4.78 is 13.6. The Morgan fingerprint density at radius 1 is 1.32 bits per heavy atom. The number of ketones is 1. The molecule has 0 bridgehead atoms. The molecule has 1 unspecified atom stereocenters. The van der Waals surface area contributed by atoms with E-state index in [0.717, 1.165) is 12.1 Å². The molecule has 116 valence electrons. The molecule has 0 spiro atoms. The molecule has 22 heavy (non-hydrogen) atoms. The molecule has 3 rings (SSSR count). The summed E-state index contributed by atoms with van der Waals surface area (Å²) in [7, 11) is 0. The molecule has 0 aliphatic heterocycles. The predicted octanol–water partition coefficient (Wildman–Crippen LogP) is 3.81. The molecule has 1 aliphatic rings. The van der Waals surface area contributed by atoms with Gasteiger partial charge in [-0.25, -0.2) is 4.39 Å². The van der Waals surface area contributed by atoms with Crippen molar-refractivity contribution in [2.24, 2.45) is 5.92 Å². The Morgan fingerprint density at radius 2 is 2.05 bits per heavy atom. The molecule has 5 heteroatoms. The second-order valence-electron chi connectivity index (χ2n) is 5.43. The van der Waals surface area contributed by atoms with Gasteiger partial charge in [-0.2, -0.15) is 0 Å². The van der Waals surface area contributed by atoms with Crippen molar-refractivity contribution in [3.05, 3.63) is 53.1 Å². The highest BCUT2D eigenvalue weighted by atomic mass is 19.1. The number of hydrogen-bond acceptors (Lipinski definition) is 2. The van der Waals surface area contributed by atoms with Gasteiger partial charge in [0.15, 0.2) is 5.78 Å². The molecule has 1 aromatic heterocycles. The summed E-state index contributed by atoms with van der Waals surface area (Å²) in [5.41, 5.74) is 1.62. The van der Waals surface area contributed by atoms with Gasteiger partial charge in [-0.05, 0) is 24.5 Å². The van der Waals surface area contributed by atoms with Crippen molar-refractivity contribution in [2.75, 3.05) is 5.32 Å². The third-order valence-electron chi connectivity index (χ3n) is 3.69. The monoisotopic (exact) mass is 302 g/mol. The minimum atomic E-state index is -0.504. The van der Waals surface area contributed by atoms with E-state index in [2.05, 4.69) is 10.3 Å². The van der Waals surface area contributed by atoms with E-state index in [9.17, 15) is 14.0 Å². The minimum Gasteiger partial charge on any atom is -0.364 e. The zero-order valence-corrected chi connectivity index (χ0v) is 11.6. The summed E-state index contributed by atoms with van der Waals surface area (Å²) in [6, 6.07) is 5.94. The number of fused-ring (bicyclic) bond motifs is 1. The number of carbonyl (C=O) groups excluding carboxylic acids is 2. The molecular formula is C17H19FN2O2. The average Bonchev–Trinajstić information content (AvgIpc) is 2.85. The van der Waals surface area contributed by atoms with Crippen molar-refractivity contribution in [2.45, 2.75) is 27.2 Å². The number of benzene rings is 1. The second-order valence-corrected chi connectivity index (χ2v) is 5.43. The number of aromatic amines is 1. The lowest BCUT2D eigenvalue weighted by atomic mass is 9.86. The van der Waals surface area contributed by atoms with Crippen LogP contribution in [0, 0.1) is 11.7 Å². The third-order valence-corrected chi connectivity index (χ3v) is 3.69. The number of aromatic nitrogens is 1. The number of halogens is 1. The van der Waals surface area contributed by atoms with Crippen LogP contribution in [0.15, 0.2) is 30.5 Å². The van der Waals surface area contributed by atoms with E-state index in [1.54, 1.807) is 12.1 Å². The van der Waals surface area contributed by atoms with Crippen LogP contribution in [0.5, 0.6) is 0 Å². The molecule has 0 radical (unpaired) electrons. The third kappa shape index (κ3) is 2.79. The lowest BCUT2D eigenvalue weighted by Gasteiger charge is -2.17. The second kappa shape index (κ2) is 6.13. The van der Waals surface area contributed by atoms with Crippen LogP contribution in [0.3, 0.4) is 0 Å². The van der Waals surface area contributed by atoms with Crippen LogP contribution in [0.2, 0.25) is 0 Å². The number of para-hydroxylation sites is 1. The molecule has 1 atom stereocenters. The molecule has 0 saturated carbocycles. The summed E-state index contributed by atoms with van der Waals surface area (Å²) in [6.07, 6.45) is 2.70. The predicted molar refractivity (Wildman–Crippen MR) is 83.7 cm³/mol. The van der Waals surface area contributed by atoms with Gasteiger partial charge in [-0.15, -0.1) is 0 Å². The highest BCUT2D eigenvalue weighted by Gasteiger charge is 2.29. The normalized spacial score (nSPS) is 16.6. The van der Waals surface area contributed by atoms with Gasteiger partial charge in [-0.1, -0.05) is 26.5 Å². The quantitative estimate of drug-likeness (QED) is 0.886. The standard InChI is InChI=1S/C16H15FN2O2.CH4/c1-9-6-13-15(14(20)7-9)10(8-18-13)16(21)19-12-5-3-2-4-11(12)17;/h2-5,8-9,18H,6-7H2,1H3,(H,19,21);1H4. The fourth-order valence-electron chi connectivity index (χ4n) is 2.72. The Morgan fingerprint density at radius 3 is 2.77 bits per heavy atom. The number of carbonyl (C=O) groups is 2. The van der Waals surface area contributed by atoms with Gasteiger partial charge in [0.05, 0.1) is 16.8 Å². The molecule has 4 nitrogen and oxygen atoms in total. The van der Waals surface area contributed by atoms with Crippen molar-refractivity contribution >= 4 is 17.4 Å². The smallest absolute Gasteiger partial charge is 0.258 e. The molecule has 1 aromatic carbocycles. The van der Waals surface area contributed by atoms with Crippen LogP contribution in [-0.4, -0.2) is 16.7 Å². The van der Waals surface area contributed by atoms with E-state index >= 15 is 0 Å². The van der Waals surface area contributed by atoms with Crippen LogP contribution < -0.4 is 5.32 Å². The maximum atomic E-state index is 13.6. The van der Waals surface area contributed by atoms with Crippen LogP contribution in [0.1, 0.15) is 47.2 Å². The number of H-pyrrole nitrogens is 1. The highest BCUT2D eigenvalue weighted by Crippen LogP contribution is 2.28. The van der Waals surface area contributed by atoms with E-state index in [1.165, 1.54) is 18.3 Å². The minimum absolute atomic E-state index is 0. The Labute approximate surface area is 128 Å². The van der Waals surface area contributed by atoms with Crippen molar-refractivity contribution in [1.29, 1.82) is 0 Å². The summed E-state index contributed by atoms with van der Waals surface area (Å²) in [5.74, 6) is -0.745. The Hall–Kier alpha value is -2.43. The zero-order chi connectivity index (χ0) is 15.0. The van der Waals surface area contributed by atoms with E-state index in [4.69, 9.17) is 0 Å². The van der Waals surface area contributed by atoms with Gasteiger partial charge < -0.3 is 10.3 Å². The topological polar surface area (TPSA) is 62.0 Å². The molecule has 2 aromatic rings. The Kier molecular flexibility index (Phi) is 4.45. The molecule has 2 N–H and O–H groups in total. The molecule has 1 amide bonds. The van der Waals surface area contributed by atoms with E-state index in [0.29, 0.717) is 12.0 Å². The molecule has 1 heterocycles. The van der Waals surface area contributed by atoms with Gasteiger partial charge in [0.1, 0.15) is 5.82 Å². The van der Waals surface area contributed by atoms with Crippen molar-refractivity contribution in [3.8, 4) is 0 Å². The SMILES string of the molecule is C.CC1CC(=O)c2c(C(=O)Nc3ccccc3F)c[nH]c2C1. The first-order valence-corrected chi connectivity index (χ1v) is 6.85. The fraction of sp³-hybridized carbons (Fsp3) is 0.294. The largest absolute Gasteiger partial charge is 0.364 e. The van der Waals surface area contributed by atoms with E-state index in [-0.39, 0.29) is 30.4 Å². The first-order chi connectivity index (χ1) is 10.1. The van der Waals surface area contributed by atoms with Crippen molar-refractivity contribution in [3.63, 3.8) is 0 Å². The van der Waals surface area contributed by atoms with Crippen LogP contribution in [-0.2, 0) is 6.42 Å². The lowest BCUT2D eigenvalue weighted by molar-refractivity contribution is 0.0940. The molecular weight excluding hydrogens is 283 g/mol. The number of Topliss-reactive ketones (excluding diaryl/α,β-unsaturated/α-hetero) is 1. The van der Waals surface area contributed by atoms with Gasteiger partial charge in [-0.3, -0.25) is 9.59 Å².